The molecule has 0 aliphatic heterocycles. The highest BCUT2D eigenvalue weighted by molar-refractivity contribution is 9.09. The predicted molar refractivity (Wildman–Crippen MR) is 164 cm³/mol. The summed E-state index contributed by atoms with van der Waals surface area (Å²) in [5.74, 6) is 0.979. The van der Waals surface area contributed by atoms with Gasteiger partial charge in [-0.2, -0.15) is 0 Å². The third-order valence-electron chi connectivity index (χ3n) is 7.23. The quantitative estimate of drug-likeness (QED) is 0.0467. The van der Waals surface area contributed by atoms with Crippen LogP contribution in [0.3, 0.4) is 0 Å². The number of alkyl halides is 1. The average Bonchev–Trinajstić information content (AvgIpc) is 2.91. The van der Waals surface area contributed by atoms with Crippen molar-refractivity contribution < 1.29 is 28.0 Å². The number of phosphoric ester groups is 1. The van der Waals surface area contributed by atoms with Gasteiger partial charge in [0.15, 0.2) is 0 Å². The van der Waals surface area contributed by atoms with Crippen LogP contribution in [-0.4, -0.2) is 49.9 Å². The van der Waals surface area contributed by atoms with Gasteiger partial charge in [-0.05, 0) is 12.3 Å². The smallest absolute Gasteiger partial charge is 0.379 e. The monoisotopic (exact) mass is 628 g/mol. The Bertz CT molecular complexity index is 513. The molecule has 0 saturated heterocycles. The molecule has 0 spiro atoms. The Kier molecular flexibility index (Phi) is 29.4. The van der Waals surface area contributed by atoms with Gasteiger partial charge in [-0.1, -0.05) is 152 Å². The molecule has 1 N–H and O–H groups in total. The summed E-state index contributed by atoms with van der Waals surface area (Å²) in [6, 6.07) is 0. The molecule has 6 nitrogen and oxygen atoms in total. The van der Waals surface area contributed by atoms with Gasteiger partial charge < -0.3 is 14.4 Å². The summed E-state index contributed by atoms with van der Waals surface area (Å²) >= 11 is 3.14. The summed E-state index contributed by atoms with van der Waals surface area (Å²) in [5, 5.41) is 0.469. The second kappa shape index (κ2) is 29.0. The number of phosphoric acid groups is 1. The Hall–Kier alpha value is 0.510. The van der Waals surface area contributed by atoms with Gasteiger partial charge in [0, 0.05) is 19.0 Å². The maximum Gasteiger partial charge on any atom is 0.472 e. The molecule has 2 atom stereocenters. The maximum absolute atomic E-state index is 11.7. The lowest BCUT2D eigenvalue weighted by Gasteiger charge is -2.18. The molecule has 0 aliphatic carbocycles. The van der Waals surface area contributed by atoms with E-state index in [0.717, 1.165) is 12.3 Å². The van der Waals surface area contributed by atoms with Crippen LogP contribution in [0.1, 0.15) is 142 Å². The number of hydrogen-bond donors (Lipinski definition) is 1. The number of rotatable bonds is 31. The molecule has 0 saturated carbocycles. The molecular weight excluding hydrogens is 567 g/mol. The van der Waals surface area contributed by atoms with Gasteiger partial charge in [-0.3, -0.25) is 9.05 Å². The van der Waals surface area contributed by atoms with E-state index in [1.165, 1.54) is 122 Å². The Balaban J connectivity index is 3.67. The molecule has 0 aromatic heterocycles. The van der Waals surface area contributed by atoms with E-state index in [-0.39, 0.29) is 19.3 Å². The van der Waals surface area contributed by atoms with Crippen molar-refractivity contribution in [3.05, 3.63) is 0 Å². The third kappa shape index (κ3) is 26.7. The maximum atomic E-state index is 11.7. The highest BCUT2D eigenvalue weighted by Crippen LogP contribution is 2.43. The van der Waals surface area contributed by atoms with E-state index in [1.54, 1.807) is 7.11 Å². The van der Waals surface area contributed by atoms with Crippen LogP contribution in [-0.2, 0) is 23.1 Å². The average molecular weight is 630 g/mol. The van der Waals surface area contributed by atoms with Gasteiger partial charge in [-0.25, -0.2) is 4.57 Å². The summed E-state index contributed by atoms with van der Waals surface area (Å²) in [5.41, 5.74) is 0. The van der Waals surface area contributed by atoms with E-state index in [4.69, 9.17) is 18.5 Å². The number of ether oxygens (including phenoxy) is 2. The van der Waals surface area contributed by atoms with Crippen molar-refractivity contribution in [3.8, 4) is 0 Å². The van der Waals surface area contributed by atoms with Gasteiger partial charge in [0.1, 0.15) is 6.10 Å². The minimum absolute atomic E-state index is 0.0366. The predicted octanol–water partition coefficient (Wildman–Crippen LogP) is 10.0. The van der Waals surface area contributed by atoms with Crippen molar-refractivity contribution in [1.29, 1.82) is 0 Å². The van der Waals surface area contributed by atoms with E-state index in [9.17, 15) is 9.46 Å². The van der Waals surface area contributed by atoms with E-state index in [0.29, 0.717) is 18.5 Å². The number of hydrogen-bond acceptors (Lipinski definition) is 5. The lowest BCUT2D eigenvalue weighted by atomic mass is 9.89. The van der Waals surface area contributed by atoms with Crippen LogP contribution in [0, 0.1) is 5.92 Å². The van der Waals surface area contributed by atoms with E-state index in [2.05, 4.69) is 29.8 Å². The fourth-order valence-electron chi connectivity index (χ4n) is 4.79. The molecule has 0 heterocycles. The van der Waals surface area contributed by atoms with Crippen LogP contribution < -0.4 is 0 Å². The Labute approximate surface area is 244 Å². The molecule has 0 rings (SSSR count). The minimum atomic E-state index is -4.03. The summed E-state index contributed by atoms with van der Waals surface area (Å²) < 4.78 is 32.4. The van der Waals surface area contributed by atoms with Gasteiger partial charge in [-0.15, -0.1) is 0 Å². The SMILES string of the molecule is CCCCCCC(CCCCCC)CCCCCCCCCCCOCC(COP(=O)(O)OCCBr)OC. The Morgan fingerprint density at radius 1 is 0.658 bits per heavy atom. The number of methoxy groups -OCH3 is 1. The molecule has 0 radical (unpaired) electrons. The van der Waals surface area contributed by atoms with Crippen molar-refractivity contribution in [1.82, 2.24) is 0 Å². The molecular formula is C30H62BrO6P. The molecule has 0 fully saturated rings. The molecule has 8 heteroatoms. The molecule has 0 amide bonds. The molecule has 38 heavy (non-hydrogen) atoms. The van der Waals surface area contributed by atoms with Crippen LogP contribution in [0.4, 0.5) is 0 Å². The van der Waals surface area contributed by atoms with Crippen LogP contribution >= 0.6 is 23.8 Å². The second-order valence-electron chi connectivity index (χ2n) is 10.8. The summed E-state index contributed by atoms with van der Waals surface area (Å²) in [6.07, 6.45) is 27.0. The lowest BCUT2D eigenvalue weighted by Crippen LogP contribution is -2.24. The standard InChI is InChI=1S/C30H62BrO6P/c1-4-6-8-17-21-29(22-18-9-7-5-2)23-19-15-13-11-10-12-14-16-20-25-35-27-30(34-3)28-37-38(32,33)36-26-24-31/h29-30H,4-28H2,1-3H3,(H,32,33). The first-order valence-corrected chi connectivity index (χ1v) is 18.4. The molecule has 230 valence electrons. The Morgan fingerprint density at radius 3 is 1.61 bits per heavy atom. The highest BCUT2D eigenvalue weighted by atomic mass is 79.9. The lowest BCUT2D eigenvalue weighted by molar-refractivity contribution is -0.0218. The first kappa shape index (κ1) is 38.5. The van der Waals surface area contributed by atoms with Crippen LogP contribution in [0.5, 0.6) is 0 Å². The topological polar surface area (TPSA) is 74.2 Å². The summed E-state index contributed by atoms with van der Waals surface area (Å²) in [7, 11) is -2.49. The second-order valence-corrected chi connectivity index (χ2v) is 13.0. The van der Waals surface area contributed by atoms with Crippen LogP contribution in [0.25, 0.3) is 0 Å². The van der Waals surface area contributed by atoms with E-state index < -0.39 is 7.82 Å². The van der Waals surface area contributed by atoms with E-state index >= 15 is 0 Å². The number of halogens is 1. The summed E-state index contributed by atoms with van der Waals surface area (Å²) in [6.45, 7) is 5.70. The molecule has 0 aliphatic rings. The molecule has 0 aromatic rings. The molecule has 0 aromatic carbocycles. The molecule has 2 unspecified atom stereocenters. The van der Waals surface area contributed by atoms with Crippen molar-refractivity contribution in [2.75, 3.05) is 38.9 Å². The van der Waals surface area contributed by atoms with Crippen LogP contribution in [0.15, 0.2) is 0 Å². The minimum Gasteiger partial charge on any atom is -0.379 e. The van der Waals surface area contributed by atoms with Gasteiger partial charge >= 0.3 is 7.82 Å². The zero-order valence-corrected chi connectivity index (χ0v) is 27.6. The zero-order valence-electron chi connectivity index (χ0n) is 25.1. The molecule has 0 bridgehead atoms. The first-order valence-electron chi connectivity index (χ1n) is 15.8. The fourth-order valence-corrected chi connectivity index (χ4v) is 5.95. The number of unbranched alkanes of at least 4 members (excludes halogenated alkanes) is 14. The Morgan fingerprint density at radius 2 is 1.13 bits per heavy atom. The van der Waals surface area contributed by atoms with E-state index in [1.807, 2.05) is 0 Å². The van der Waals surface area contributed by atoms with Gasteiger partial charge in [0.05, 0.1) is 19.8 Å². The highest BCUT2D eigenvalue weighted by Gasteiger charge is 2.23. The van der Waals surface area contributed by atoms with Crippen LogP contribution in [0.2, 0.25) is 0 Å². The van der Waals surface area contributed by atoms with Crippen molar-refractivity contribution in [3.63, 3.8) is 0 Å². The largest absolute Gasteiger partial charge is 0.472 e. The third-order valence-corrected chi connectivity index (χ3v) is 8.53. The van der Waals surface area contributed by atoms with Gasteiger partial charge in [0.25, 0.3) is 0 Å². The first-order chi connectivity index (χ1) is 18.5. The fraction of sp³-hybridized carbons (Fsp3) is 1.00. The summed E-state index contributed by atoms with van der Waals surface area (Å²) in [4.78, 5) is 9.57. The van der Waals surface area contributed by atoms with Crippen molar-refractivity contribution in [2.24, 2.45) is 5.92 Å². The van der Waals surface area contributed by atoms with Gasteiger partial charge in [0.2, 0.25) is 0 Å². The van der Waals surface area contributed by atoms with Crippen molar-refractivity contribution in [2.45, 2.75) is 148 Å². The normalized spacial score (nSPS) is 14.3. The van der Waals surface area contributed by atoms with Crippen molar-refractivity contribution >= 4 is 23.8 Å². The zero-order chi connectivity index (χ0) is 28.2.